The van der Waals surface area contributed by atoms with Crippen LogP contribution in [0.15, 0.2) is 24.3 Å². The number of esters is 1. The highest BCUT2D eigenvalue weighted by molar-refractivity contribution is 6.30. The molecule has 4 heteroatoms. The fraction of sp³-hybridized carbons (Fsp3) is 0.462. The van der Waals surface area contributed by atoms with Crippen LogP contribution in [0.3, 0.4) is 0 Å². The van der Waals surface area contributed by atoms with Gasteiger partial charge in [-0.3, -0.25) is 4.79 Å². The van der Waals surface area contributed by atoms with Gasteiger partial charge in [-0.2, -0.15) is 0 Å². The fourth-order valence-electron chi connectivity index (χ4n) is 2.02. The molecule has 1 aliphatic rings. The van der Waals surface area contributed by atoms with E-state index in [1.807, 2.05) is 13.8 Å². The van der Waals surface area contributed by atoms with E-state index in [4.69, 9.17) is 21.1 Å². The summed E-state index contributed by atoms with van der Waals surface area (Å²) in [5.41, 5.74) is -0.174. The lowest BCUT2D eigenvalue weighted by Gasteiger charge is -2.06. The highest BCUT2D eigenvalue weighted by Crippen LogP contribution is 2.54. The van der Waals surface area contributed by atoms with Gasteiger partial charge >= 0.3 is 5.97 Å². The van der Waals surface area contributed by atoms with E-state index < -0.39 is 0 Å². The SMILES string of the molecule is COC(=O)C1C(Oc2ccc(Cl)cc2)C1(C)C. The summed E-state index contributed by atoms with van der Waals surface area (Å²) in [7, 11) is 1.40. The standard InChI is InChI=1S/C13H15ClO3/c1-13(2)10(12(15)16-3)11(13)17-9-6-4-8(14)5-7-9/h4-7,10-11H,1-3H3. The van der Waals surface area contributed by atoms with E-state index in [1.54, 1.807) is 24.3 Å². The molecular weight excluding hydrogens is 240 g/mol. The molecule has 0 aliphatic heterocycles. The molecule has 1 fully saturated rings. The van der Waals surface area contributed by atoms with Gasteiger partial charge in [0.2, 0.25) is 0 Å². The van der Waals surface area contributed by atoms with Crippen molar-refractivity contribution in [2.45, 2.75) is 20.0 Å². The van der Waals surface area contributed by atoms with Crippen LogP contribution in [0.4, 0.5) is 0 Å². The highest BCUT2D eigenvalue weighted by Gasteiger charge is 2.65. The van der Waals surface area contributed by atoms with Gasteiger partial charge in [-0.15, -0.1) is 0 Å². The number of carbonyl (C=O) groups excluding carboxylic acids is 1. The first-order chi connectivity index (χ1) is 7.96. The van der Waals surface area contributed by atoms with E-state index in [0.29, 0.717) is 5.02 Å². The van der Waals surface area contributed by atoms with Gasteiger partial charge in [-0.1, -0.05) is 25.4 Å². The Bertz CT molecular complexity index is 425. The third-order valence-corrected chi connectivity index (χ3v) is 3.51. The highest BCUT2D eigenvalue weighted by atomic mass is 35.5. The van der Waals surface area contributed by atoms with Crippen LogP contribution in [0.25, 0.3) is 0 Å². The Kier molecular flexibility index (Phi) is 3.04. The van der Waals surface area contributed by atoms with Gasteiger partial charge in [-0.25, -0.2) is 0 Å². The molecule has 2 unspecified atom stereocenters. The number of benzene rings is 1. The van der Waals surface area contributed by atoms with Crippen LogP contribution in [-0.2, 0) is 9.53 Å². The summed E-state index contributed by atoms with van der Waals surface area (Å²) in [6.45, 7) is 3.99. The van der Waals surface area contributed by atoms with Crippen LogP contribution in [0, 0.1) is 11.3 Å². The van der Waals surface area contributed by atoms with Crippen molar-refractivity contribution in [3.63, 3.8) is 0 Å². The minimum Gasteiger partial charge on any atom is -0.489 e. The Balaban J connectivity index is 2.06. The number of hydrogen-bond donors (Lipinski definition) is 0. The number of hydrogen-bond acceptors (Lipinski definition) is 3. The third kappa shape index (κ3) is 2.25. The predicted molar refractivity (Wildman–Crippen MR) is 65.2 cm³/mol. The number of rotatable bonds is 3. The molecule has 0 saturated heterocycles. The Morgan fingerprint density at radius 3 is 2.41 bits per heavy atom. The van der Waals surface area contributed by atoms with E-state index in [2.05, 4.69) is 0 Å². The maximum absolute atomic E-state index is 11.5. The Morgan fingerprint density at radius 1 is 1.29 bits per heavy atom. The van der Waals surface area contributed by atoms with Crippen LogP contribution < -0.4 is 4.74 Å². The van der Waals surface area contributed by atoms with Crippen LogP contribution in [0.1, 0.15) is 13.8 Å². The predicted octanol–water partition coefficient (Wildman–Crippen LogP) is 2.92. The van der Waals surface area contributed by atoms with Gasteiger partial charge in [0.15, 0.2) is 0 Å². The van der Waals surface area contributed by atoms with Crippen LogP contribution in [0.5, 0.6) is 5.75 Å². The number of carbonyl (C=O) groups is 1. The zero-order chi connectivity index (χ0) is 12.6. The molecule has 0 bridgehead atoms. The molecule has 1 aromatic rings. The van der Waals surface area contributed by atoms with Crippen molar-refractivity contribution in [3.8, 4) is 5.75 Å². The van der Waals surface area contributed by atoms with Crippen molar-refractivity contribution in [1.29, 1.82) is 0 Å². The van der Waals surface area contributed by atoms with Crippen molar-refractivity contribution >= 4 is 17.6 Å². The first kappa shape index (κ1) is 12.2. The fourth-order valence-corrected chi connectivity index (χ4v) is 2.15. The van der Waals surface area contributed by atoms with E-state index >= 15 is 0 Å². The van der Waals surface area contributed by atoms with E-state index in [0.717, 1.165) is 5.75 Å². The summed E-state index contributed by atoms with van der Waals surface area (Å²) in [5.74, 6) is 0.316. The lowest BCUT2D eigenvalue weighted by Crippen LogP contribution is -2.10. The van der Waals surface area contributed by atoms with Gasteiger partial charge in [0.25, 0.3) is 0 Å². The van der Waals surface area contributed by atoms with Crippen LogP contribution in [-0.4, -0.2) is 19.2 Å². The maximum Gasteiger partial charge on any atom is 0.313 e. The van der Waals surface area contributed by atoms with Crippen molar-refractivity contribution in [3.05, 3.63) is 29.3 Å². The summed E-state index contributed by atoms with van der Waals surface area (Å²) >= 11 is 5.79. The van der Waals surface area contributed by atoms with Gasteiger partial charge in [-0.05, 0) is 24.3 Å². The van der Waals surface area contributed by atoms with Crippen molar-refractivity contribution in [1.82, 2.24) is 0 Å². The number of halogens is 1. The minimum atomic E-state index is -0.214. The third-order valence-electron chi connectivity index (χ3n) is 3.26. The van der Waals surface area contributed by atoms with Crippen LogP contribution in [0.2, 0.25) is 5.02 Å². The molecule has 1 aliphatic carbocycles. The molecule has 0 heterocycles. The van der Waals surface area contributed by atoms with E-state index in [9.17, 15) is 4.79 Å². The molecule has 92 valence electrons. The molecule has 1 aromatic carbocycles. The summed E-state index contributed by atoms with van der Waals surface area (Å²) in [5, 5.41) is 0.664. The normalized spacial score (nSPS) is 25.2. The zero-order valence-corrected chi connectivity index (χ0v) is 10.8. The average molecular weight is 255 g/mol. The topological polar surface area (TPSA) is 35.5 Å². The summed E-state index contributed by atoms with van der Waals surface area (Å²) in [6.07, 6.45) is -0.129. The molecular formula is C13H15ClO3. The Labute approximate surface area is 106 Å². The molecule has 1 saturated carbocycles. The number of ether oxygens (including phenoxy) is 2. The van der Waals surface area contributed by atoms with Crippen molar-refractivity contribution in [2.24, 2.45) is 11.3 Å². The largest absolute Gasteiger partial charge is 0.489 e. The first-order valence-electron chi connectivity index (χ1n) is 5.47. The minimum absolute atomic E-state index is 0.129. The molecule has 17 heavy (non-hydrogen) atoms. The molecule has 2 atom stereocenters. The van der Waals surface area contributed by atoms with Crippen molar-refractivity contribution in [2.75, 3.05) is 7.11 Å². The maximum atomic E-state index is 11.5. The van der Waals surface area contributed by atoms with Gasteiger partial charge < -0.3 is 9.47 Å². The molecule has 0 amide bonds. The molecule has 3 nitrogen and oxygen atoms in total. The Morgan fingerprint density at radius 2 is 1.88 bits per heavy atom. The second-order valence-electron chi connectivity index (χ2n) is 4.81. The first-order valence-corrected chi connectivity index (χ1v) is 5.84. The second kappa shape index (κ2) is 4.22. The van der Waals surface area contributed by atoms with E-state index in [-0.39, 0.29) is 23.4 Å². The Hall–Kier alpha value is -1.22. The van der Waals surface area contributed by atoms with Crippen molar-refractivity contribution < 1.29 is 14.3 Å². The summed E-state index contributed by atoms with van der Waals surface area (Å²) < 4.78 is 10.5. The van der Waals surface area contributed by atoms with Crippen LogP contribution >= 0.6 is 11.6 Å². The van der Waals surface area contributed by atoms with Gasteiger partial charge in [0, 0.05) is 10.4 Å². The average Bonchev–Trinajstić information content (AvgIpc) is 2.83. The lowest BCUT2D eigenvalue weighted by molar-refractivity contribution is -0.143. The summed E-state index contributed by atoms with van der Waals surface area (Å²) in [4.78, 5) is 11.5. The van der Waals surface area contributed by atoms with E-state index in [1.165, 1.54) is 7.11 Å². The lowest BCUT2D eigenvalue weighted by atomic mass is 10.1. The van der Waals surface area contributed by atoms with Gasteiger partial charge in [0.05, 0.1) is 7.11 Å². The van der Waals surface area contributed by atoms with Gasteiger partial charge in [0.1, 0.15) is 17.8 Å². The second-order valence-corrected chi connectivity index (χ2v) is 5.25. The number of methoxy groups -OCH3 is 1. The molecule has 0 aromatic heterocycles. The molecule has 0 radical (unpaired) electrons. The molecule has 0 N–H and O–H groups in total. The smallest absolute Gasteiger partial charge is 0.313 e. The molecule has 0 spiro atoms. The monoisotopic (exact) mass is 254 g/mol. The zero-order valence-electron chi connectivity index (χ0n) is 10.1. The summed E-state index contributed by atoms with van der Waals surface area (Å²) in [6, 6.07) is 7.12. The quantitative estimate of drug-likeness (QED) is 0.778. The molecule has 2 rings (SSSR count).